The summed E-state index contributed by atoms with van der Waals surface area (Å²) in [5, 5.41) is 1.03. The molecule has 2 aromatic rings. The molecule has 2 rings (SSSR count). The van der Waals surface area contributed by atoms with Gasteiger partial charge in [-0.25, -0.2) is 0 Å². The summed E-state index contributed by atoms with van der Waals surface area (Å²) in [6.45, 7) is 6.27. The molecule has 0 atom stereocenters. The van der Waals surface area contributed by atoms with E-state index in [-0.39, 0.29) is 11.0 Å². The zero-order valence-corrected chi connectivity index (χ0v) is 9.87. The number of nitrogens with zero attached hydrogens (tertiary/aromatic N) is 1. The fourth-order valence-electron chi connectivity index (χ4n) is 1.74. The van der Waals surface area contributed by atoms with E-state index in [0.29, 0.717) is 0 Å². The summed E-state index contributed by atoms with van der Waals surface area (Å²) in [7, 11) is 0. The maximum absolute atomic E-state index is 12.0. The molecule has 16 heavy (non-hydrogen) atoms. The number of aromatic nitrogens is 2. The smallest absolute Gasteiger partial charge is 0.252 e. The van der Waals surface area contributed by atoms with E-state index in [1.165, 1.54) is 0 Å². The van der Waals surface area contributed by atoms with Gasteiger partial charge in [0.15, 0.2) is 0 Å². The number of pyridine rings is 2. The van der Waals surface area contributed by atoms with Crippen molar-refractivity contribution in [3.05, 3.63) is 40.4 Å². The van der Waals surface area contributed by atoms with Crippen LogP contribution in [0.1, 0.15) is 32.8 Å². The Morgan fingerprint density at radius 1 is 1.44 bits per heavy atom. The van der Waals surface area contributed by atoms with E-state index in [2.05, 4.69) is 30.7 Å². The second-order valence-electron chi connectivity index (χ2n) is 4.71. The maximum atomic E-state index is 12.0. The molecule has 2 aromatic heterocycles. The number of nitrogens with one attached hydrogen (secondary N) is 1. The minimum Gasteiger partial charge on any atom is -0.320 e. The molecule has 0 fully saturated rings. The van der Waals surface area contributed by atoms with E-state index in [1.807, 2.05) is 12.1 Å². The van der Waals surface area contributed by atoms with Crippen LogP contribution in [0.5, 0.6) is 0 Å². The summed E-state index contributed by atoms with van der Waals surface area (Å²) < 4.78 is 0. The van der Waals surface area contributed by atoms with Gasteiger partial charge in [0, 0.05) is 17.1 Å². The van der Waals surface area contributed by atoms with Gasteiger partial charge in [0.05, 0.1) is 11.7 Å². The van der Waals surface area contributed by atoms with Gasteiger partial charge in [-0.1, -0.05) is 20.8 Å². The van der Waals surface area contributed by atoms with Crippen molar-refractivity contribution in [3.63, 3.8) is 0 Å². The zero-order chi connectivity index (χ0) is 11.8. The second-order valence-corrected chi connectivity index (χ2v) is 4.71. The molecule has 2 heterocycles. The van der Waals surface area contributed by atoms with Crippen LogP contribution in [-0.4, -0.2) is 9.97 Å². The fourth-order valence-corrected chi connectivity index (χ4v) is 1.74. The Balaban J connectivity index is 2.73. The van der Waals surface area contributed by atoms with Crippen LogP contribution in [0.2, 0.25) is 0 Å². The molecule has 0 unspecified atom stereocenters. The van der Waals surface area contributed by atoms with Gasteiger partial charge in [-0.2, -0.15) is 0 Å². The third kappa shape index (κ3) is 1.73. The molecule has 0 aromatic carbocycles. The quantitative estimate of drug-likeness (QED) is 0.838. The molecule has 0 amide bonds. The molecule has 0 saturated heterocycles. The van der Waals surface area contributed by atoms with E-state index in [9.17, 15) is 4.79 Å². The molecular weight excluding hydrogens is 200 g/mol. The molecule has 0 radical (unpaired) electrons. The SMILES string of the molecule is CCC(C)(C)c1cc2ccncc2[nH]c1=O. The van der Waals surface area contributed by atoms with Gasteiger partial charge >= 0.3 is 0 Å². The summed E-state index contributed by atoms with van der Waals surface area (Å²) in [5.41, 5.74) is 1.54. The first kappa shape index (κ1) is 10.9. The number of rotatable bonds is 2. The lowest BCUT2D eigenvalue weighted by atomic mass is 9.82. The number of H-pyrrole nitrogens is 1. The monoisotopic (exact) mass is 216 g/mol. The average molecular weight is 216 g/mol. The Morgan fingerprint density at radius 2 is 2.19 bits per heavy atom. The van der Waals surface area contributed by atoms with Crippen LogP contribution in [0.3, 0.4) is 0 Å². The first-order valence-electron chi connectivity index (χ1n) is 5.52. The highest BCUT2D eigenvalue weighted by Crippen LogP contribution is 2.25. The molecular formula is C13H16N2O. The molecule has 0 aliphatic rings. The predicted octanol–water partition coefficient (Wildman–Crippen LogP) is 2.61. The molecule has 0 spiro atoms. The number of fused-ring (bicyclic) bond motifs is 1. The third-order valence-electron chi connectivity index (χ3n) is 3.26. The van der Waals surface area contributed by atoms with Gasteiger partial charge < -0.3 is 4.98 Å². The third-order valence-corrected chi connectivity index (χ3v) is 3.26. The lowest BCUT2D eigenvalue weighted by Crippen LogP contribution is -2.26. The van der Waals surface area contributed by atoms with E-state index in [0.717, 1.165) is 22.9 Å². The maximum Gasteiger partial charge on any atom is 0.252 e. The van der Waals surface area contributed by atoms with Crippen molar-refractivity contribution >= 4 is 10.9 Å². The van der Waals surface area contributed by atoms with Gasteiger partial charge in [0.25, 0.3) is 5.56 Å². The molecule has 0 saturated carbocycles. The van der Waals surface area contributed by atoms with E-state index in [4.69, 9.17) is 0 Å². The highest BCUT2D eigenvalue weighted by Gasteiger charge is 2.21. The van der Waals surface area contributed by atoms with Crippen LogP contribution in [0.25, 0.3) is 10.9 Å². The molecule has 0 bridgehead atoms. The first-order chi connectivity index (χ1) is 7.54. The van der Waals surface area contributed by atoms with E-state index in [1.54, 1.807) is 12.4 Å². The average Bonchev–Trinajstić information content (AvgIpc) is 2.28. The molecule has 1 N–H and O–H groups in total. The van der Waals surface area contributed by atoms with Gasteiger partial charge in [0.2, 0.25) is 0 Å². The van der Waals surface area contributed by atoms with Crippen molar-refractivity contribution in [3.8, 4) is 0 Å². The van der Waals surface area contributed by atoms with Crippen molar-refractivity contribution in [2.45, 2.75) is 32.6 Å². The minimum atomic E-state index is -0.0922. The zero-order valence-electron chi connectivity index (χ0n) is 9.87. The standard InChI is InChI=1S/C13H16N2O/c1-4-13(2,3)10-7-9-5-6-14-8-11(9)15-12(10)16/h5-8H,4H2,1-3H3,(H,15,16). The topological polar surface area (TPSA) is 45.8 Å². The Hall–Kier alpha value is -1.64. The van der Waals surface area contributed by atoms with Gasteiger partial charge in [-0.15, -0.1) is 0 Å². The normalized spacial score (nSPS) is 11.9. The van der Waals surface area contributed by atoms with Crippen molar-refractivity contribution in [2.75, 3.05) is 0 Å². The highest BCUT2D eigenvalue weighted by atomic mass is 16.1. The number of hydrogen-bond donors (Lipinski definition) is 1. The van der Waals surface area contributed by atoms with Crippen molar-refractivity contribution in [1.82, 2.24) is 9.97 Å². The predicted molar refractivity (Wildman–Crippen MR) is 65.7 cm³/mol. The van der Waals surface area contributed by atoms with Gasteiger partial charge in [0.1, 0.15) is 0 Å². The van der Waals surface area contributed by atoms with Gasteiger partial charge in [-0.3, -0.25) is 9.78 Å². The minimum absolute atomic E-state index is 0.00708. The number of hydrogen-bond acceptors (Lipinski definition) is 2. The number of aromatic amines is 1. The van der Waals surface area contributed by atoms with E-state index < -0.39 is 0 Å². The molecule has 0 aliphatic carbocycles. The van der Waals surface area contributed by atoms with Crippen LogP contribution in [0.4, 0.5) is 0 Å². The van der Waals surface area contributed by atoms with Crippen molar-refractivity contribution < 1.29 is 0 Å². The van der Waals surface area contributed by atoms with Crippen LogP contribution in [0.15, 0.2) is 29.3 Å². The Morgan fingerprint density at radius 3 is 2.88 bits per heavy atom. The fraction of sp³-hybridized carbons (Fsp3) is 0.385. The lowest BCUT2D eigenvalue weighted by Gasteiger charge is -2.22. The van der Waals surface area contributed by atoms with Gasteiger partial charge in [-0.05, 0) is 24.0 Å². The highest BCUT2D eigenvalue weighted by molar-refractivity contribution is 5.77. The largest absolute Gasteiger partial charge is 0.320 e. The van der Waals surface area contributed by atoms with Crippen LogP contribution < -0.4 is 5.56 Å². The molecule has 84 valence electrons. The summed E-state index contributed by atoms with van der Waals surface area (Å²) >= 11 is 0. The lowest BCUT2D eigenvalue weighted by molar-refractivity contribution is 0.501. The van der Waals surface area contributed by atoms with E-state index >= 15 is 0 Å². The van der Waals surface area contributed by atoms with Crippen LogP contribution in [-0.2, 0) is 5.41 Å². The van der Waals surface area contributed by atoms with Crippen LogP contribution in [0, 0.1) is 0 Å². The van der Waals surface area contributed by atoms with Crippen molar-refractivity contribution in [2.24, 2.45) is 0 Å². The Bertz CT molecular complexity index is 569. The summed E-state index contributed by atoms with van der Waals surface area (Å²) in [6.07, 6.45) is 4.36. The summed E-state index contributed by atoms with van der Waals surface area (Å²) in [6, 6.07) is 3.89. The molecule has 3 nitrogen and oxygen atoms in total. The first-order valence-corrected chi connectivity index (χ1v) is 5.52. The molecule has 3 heteroatoms. The summed E-state index contributed by atoms with van der Waals surface area (Å²) in [5.74, 6) is 0. The Labute approximate surface area is 94.5 Å². The molecule has 0 aliphatic heterocycles. The summed E-state index contributed by atoms with van der Waals surface area (Å²) in [4.78, 5) is 18.8. The Kier molecular flexibility index (Phi) is 2.54. The second kappa shape index (κ2) is 3.74. The van der Waals surface area contributed by atoms with Crippen molar-refractivity contribution in [1.29, 1.82) is 0 Å². The van der Waals surface area contributed by atoms with Crippen LogP contribution >= 0.6 is 0 Å².